The third-order valence-electron chi connectivity index (χ3n) is 1.33. The predicted molar refractivity (Wildman–Crippen MR) is 55.4 cm³/mol. The summed E-state index contributed by atoms with van der Waals surface area (Å²) in [6.07, 6.45) is 2.97. The van der Waals surface area contributed by atoms with E-state index in [1.54, 1.807) is 24.9 Å². The molecule has 1 heterocycles. The van der Waals surface area contributed by atoms with E-state index in [4.69, 9.17) is 0 Å². The standard InChI is InChI=1S/C8H11N3O.C2H6/c1-3-4-8(2,12)5-11-7-9-6-10-11;1-2/h6-7,12H,5H2,1-2H3;1-2H3. The van der Waals surface area contributed by atoms with Crippen LogP contribution in [0.1, 0.15) is 27.7 Å². The van der Waals surface area contributed by atoms with Crippen molar-refractivity contribution in [1.82, 2.24) is 14.8 Å². The van der Waals surface area contributed by atoms with Gasteiger partial charge in [-0.15, -0.1) is 5.92 Å². The lowest BCUT2D eigenvalue weighted by Crippen LogP contribution is -2.28. The van der Waals surface area contributed by atoms with E-state index < -0.39 is 5.60 Å². The van der Waals surface area contributed by atoms with E-state index in [0.29, 0.717) is 6.54 Å². The van der Waals surface area contributed by atoms with Crippen LogP contribution < -0.4 is 0 Å². The van der Waals surface area contributed by atoms with Crippen LogP contribution in [0.25, 0.3) is 0 Å². The van der Waals surface area contributed by atoms with Gasteiger partial charge in [0.05, 0.1) is 6.54 Å². The van der Waals surface area contributed by atoms with E-state index in [0.717, 1.165) is 0 Å². The number of aliphatic hydroxyl groups is 1. The normalized spacial score (nSPS) is 12.9. The van der Waals surface area contributed by atoms with E-state index in [2.05, 4.69) is 21.9 Å². The summed E-state index contributed by atoms with van der Waals surface area (Å²) in [6.45, 7) is 7.68. The van der Waals surface area contributed by atoms with Gasteiger partial charge >= 0.3 is 0 Å². The number of aromatic nitrogens is 3. The van der Waals surface area contributed by atoms with Crippen LogP contribution in [-0.4, -0.2) is 25.5 Å². The number of rotatable bonds is 2. The molecule has 0 aliphatic carbocycles. The molecule has 1 unspecified atom stereocenters. The van der Waals surface area contributed by atoms with E-state index >= 15 is 0 Å². The SMILES string of the molecule is CC.CC#CC(C)(O)Cn1cncn1. The summed E-state index contributed by atoms with van der Waals surface area (Å²) in [7, 11) is 0. The van der Waals surface area contributed by atoms with Crippen LogP contribution in [0.5, 0.6) is 0 Å². The maximum absolute atomic E-state index is 9.62. The van der Waals surface area contributed by atoms with Crippen molar-refractivity contribution in [3.63, 3.8) is 0 Å². The van der Waals surface area contributed by atoms with Gasteiger partial charge in [0.2, 0.25) is 0 Å². The van der Waals surface area contributed by atoms with E-state index in [1.807, 2.05) is 13.8 Å². The van der Waals surface area contributed by atoms with Crippen LogP contribution in [0.3, 0.4) is 0 Å². The Labute approximate surface area is 85.0 Å². The summed E-state index contributed by atoms with van der Waals surface area (Å²) in [4.78, 5) is 3.76. The van der Waals surface area contributed by atoms with Gasteiger partial charge in [0.25, 0.3) is 0 Å². The Morgan fingerprint density at radius 3 is 2.57 bits per heavy atom. The molecule has 1 aromatic heterocycles. The van der Waals surface area contributed by atoms with Crippen molar-refractivity contribution in [3.05, 3.63) is 12.7 Å². The van der Waals surface area contributed by atoms with Crippen molar-refractivity contribution in [2.75, 3.05) is 0 Å². The van der Waals surface area contributed by atoms with Gasteiger partial charge in [0.15, 0.2) is 0 Å². The number of nitrogens with zero attached hydrogens (tertiary/aromatic N) is 3. The third kappa shape index (κ3) is 4.63. The molecule has 0 saturated heterocycles. The van der Waals surface area contributed by atoms with Crippen molar-refractivity contribution in [2.24, 2.45) is 0 Å². The van der Waals surface area contributed by atoms with Gasteiger partial charge < -0.3 is 5.11 Å². The number of hydrogen-bond acceptors (Lipinski definition) is 3. The monoisotopic (exact) mass is 195 g/mol. The Bertz CT molecular complexity index is 293. The second-order valence-electron chi connectivity index (χ2n) is 2.74. The van der Waals surface area contributed by atoms with Crippen molar-refractivity contribution >= 4 is 0 Å². The fourth-order valence-corrected chi connectivity index (χ4v) is 0.939. The molecule has 0 aliphatic rings. The summed E-state index contributed by atoms with van der Waals surface area (Å²) in [5, 5.41) is 13.5. The summed E-state index contributed by atoms with van der Waals surface area (Å²) in [5.74, 6) is 5.34. The first-order chi connectivity index (χ1) is 6.64. The van der Waals surface area contributed by atoms with Gasteiger partial charge in [0.1, 0.15) is 18.3 Å². The maximum Gasteiger partial charge on any atom is 0.142 e. The highest BCUT2D eigenvalue weighted by Gasteiger charge is 2.17. The lowest BCUT2D eigenvalue weighted by atomic mass is 10.1. The quantitative estimate of drug-likeness (QED) is 0.718. The Morgan fingerprint density at radius 1 is 1.50 bits per heavy atom. The molecule has 0 aromatic carbocycles. The van der Waals surface area contributed by atoms with Crippen molar-refractivity contribution < 1.29 is 5.11 Å². The molecule has 0 radical (unpaired) electrons. The topological polar surface area (TPSA) is 50.9 Å². The first-order valence-corrected chi connectivity index (χ1v) is 4.63. The Hall–Kier alpha value is -1.34. The zero-order valence-electron chi connectivity index (χ0n) is 9.15. The minimum absolute atomic E-state index is 0.341. The van der Waals surface area contributed by atoms with Crippen molar-refractivity contribution in [1.29, 1.82) is 0 Å². The Kier molecular flexibility index (Phi) is 5.58. The molecule has 0 spiro atoms. The summed E-state index contributed by atoms with van der Waals surface area (Å²) < 4.78 is 1.55. The average Bonchev–Trinajstić information content (AvgIpc) is 2.59. The molecule has 78 valence electrons. The van der Waals surface area contributed by atoms with E-state index in [9.17, 15) is 5.11 Å². The highest BCUT2D eigenvalue weighted by atomic mass is 16.3. The molecule has 1 N–H and O–H groups in total. The lowest BCUT2D eigenvalue weighted by Gasteiger charge is -2.15. The third-order valence-corrected chi connectivity index (χ3v) is 1.33. The van der Waals surface area contributed by atoms with E-state index in [-0.39, 0.29) is 0 Å². The van der Waals surface area contributed by atoms with Crippen LogP contribution in [0.15, 0.2) is 12.7 Å². The first-order valence-electron chi connectivity index (χ1n) is 4.63. The van der Waals surface area contributed by atoms with Gasteiger partial charge in [-0.2, -0.15) is 5.10 Å². The fraction of sp³-hybridized carbons (Fsp3) is 0.600. The molecule has 0 aliphatic heterocycles. The number of hydrogen-bond donors (Lipinski definition) is 1. The molecule has 1 atom stereocenters. The largest absolute Gasteiger partial charge is 0.376 e. The average molecular weight is 195 g/mol. The summed E-state index contributed by atoms with van der Waals surface area (Å²) in [5.41, 5.74) is -1.03. The molecule has 4 heteroatoms. The van der Waals surface area contributed by atoms with Gasteiger partial charge in [-0.1, -0.05) is 19.8 Å². The highest BCUT2D eigenvalue weighted by Crippen LogP contribution is 2.03. The van der Waals surface area contributed by atoms with Gasteiger partial charge in [-0.25, -0.2) is 9.67 Å². The molecule has 1 rings (SSSR count). The second kappa shape index (κ2) is 6.17. The Balaban J connectivity index is 0.000000791. The summed E-state index contributed by atoms with van der Waals surface area (Å²) in [6, 6.07) is 0. The van der Waals surface area contributed by atoms with Crippen LogP contribution in [0, 0.1) is 11.8 Å². The fourth-order valence-electron chi connectivity index (χ4n) is 0.939. The highest BCUT2D eigenvalue weighted by molar-refractivity contribution is 5.09. The molecular formula is C10H17N3O. The molecule has 1 aromatic rings. The maximum atomic E-state index is 9.62. The van der Waals surface area contributed by atoms with Gasteiger partial charge in [-0.3, -0.25) is 0 Å². The van der Waals surface area contributed by atoms with Crippen LogP contribution in [0.2, 0.25) is 0 Å². The first kappa shape index (κ1) is 12.7. The predicted octanol–water partition coefficient (Wildman–Crippen LogP) is 1.08. The Morgan fingerprint density at radius 2 is 2.14 bits per heavy atom. The molecular weight excluding hydrogens is 178 g/mol. The molecule has 4 nitrogen and oxygen atoms in total. The van der Waals surface area contributed by atoms with Crippen LogP contribution in [0.4, 0.5) is 0 Å². The van der Waals surface area contributed by atoms with E-state index in [1.165, 1.54) is 6.33 Å². The second-order valence-corrected chi connectivity index (χ2v) is 2.74. The molecule has 0 saturated carbocycles. The summed E-state index contributed by atoms with van der Waals surface area (Å²) >= 11 is 0. The smallest absolute Gasteiger partial charge is 0.142 e. The molecule has 14 heavy (non-hydrogen) atoms. The molecule has 0 fully saturated rings. The van der Waals surface area contributed by atoms with Gasteiger partial charge in [0, 0.05) is 0 Å². The van der Waals surface area contributed by atoms with Gasteiger partial charge in [-0.05, 0) is 13.8 Å². The minimum atomic E-state index is -1.03. The zero-order valence-corrected chi connectivity index (χ0v) is 9.15. The minimum Gasteiger partial charge on any atom is -0.376 e. The van der Waals surface area contributed by atoms with Crippen LogP contribution in [-0.2, 0) is 6.54 Å². The molecule has 0 bridgehead atoms. The van der Waals surface area contributed by atoms with Crippen molar-refractivity contribution in [2.45, 2.75) is 39.8 Å². The zero-order chi connectivity index (χ0) is 11.0. The van der Waals surface area contributed by atoms with Crippen LogP contribution >= 0.6 is 0 Å². The lowest BCUT2D eigenvalue weighted by molar-refractivity contribution is 0.0975. The molecule has 0 amide bonds. The van der Waals surface area contributed by atoms with Crippen molar-refractivity contribution in [3.8, 4) is 11.8 Å².